The number of hydrogen-bond acceptors (Lipinski definition) is 2. The van der Waals surface area contributed by atoms with Gasteiger partial charge in [0.2, 0.25) is 5.91 Å². The van der Waals surface area contributed by atoms with Gasteiger partial charge >= 0.3 is 0 Å². The minimum absolute atomic E-state index is 0.102. The Morgan fingerprint density at radius 3 is 3.06 bits per heavy atom. The number of aryl methyl sites for hydroxylation is 2. The van der Waals surface area contributed by atoms with Crippen LogP contribution in [-0.2, 0) is 17.6 Å². The van der Waals surface area contributed by atoms with Gasteiger partial charge in [0.1, 0.15) is 0 Å². The highest BCUT2D eigenvalue weighted by Crippen LogP contribution is 2.24. The lowest BCUT2D eigenvalue weighted by Crippen LogP contribution is -2.18. The largest absolute Gasteiger partial charge is 0.326 e. The van der Waals surface area contributed by atoms with Gasteiger partial charge in [0.15, 0.2) is 0 Å². The van der Waals surface area contributed by atoms with Crippen molar-refractivity contribution >= 4 is 11.6 Å². The zero-order valence-corrected chi connectivity index (χ0v) is 9.12. The molecule has 1 N–H and O–H groups in total. The van der Waals surface area contributed by atoms with Crippen LogP contribution in [0.2, 0.25) is 0 Å². The number of rotatable bonds is 3. The SMILES string of the molecule is N#CCCCc1ccc2c(c1)CCC(=O)N2. The van der Waals surface area contributed by atoms with E-state index >= 15 is 0 Å². The van der Waals surface area contributed by atoms with Gasteiger partial charge in [-0.05, 0) is 36.5 Å². The van der Waals surface area contributed by atoms with Crippen molar-refractivity contribution in [3.05, 3.63) is 29.3 Å². The minimum Gasteiger partial charge on any atom is -0.326 e. The van der Waals surface area contributed by atoms with Crippen LogP contribution in [0.4, 0.5) is 5.69 Å². The van der Waals surface area contributed by atoms with Crippen molar-refractivity contribution in [2.24, 2.45) is 0 Å². The molecule has 82 valence electrons. The Morgan fingerprint density at radius 2 is 2.25 bits per heavy atom. The van der Waals surface area contributed by atoms with Crippen LogP contribution >= 0.6 is 0 Å². The Labute approximate surface area is 95.1 Å². The van der Waals surface area contributed by atoms with E-state index in [1.165, 1.54) is 11.1 Å². The number of carbonyl (C=O) groups excluding carboxylic acids is 1. The van der Waals surface area contributed by atoms with E-state index in [4.69, 9.17) is 5.26 Å². The van der Waals surface area contributed by atoms with Crippen LogP contribution < -0.4 is 5.32 Å². The van der Waals surface area contributed by atoms with E-state index in [9.17, 15) is 4.79 Å². The highest BCUT2D eigenvalue weighted by atomic mass is 16.1. The first-order valence-electron chi connectivity index (χ1n) is 5.58. The number of unbranched alkanes of at least 4 members (excludes halogenated alkanes) is 1. The van der Waals surface area contributed by atoms with E-state index in [1.54, 1.807) is 0 Å². The lowest BCUT2D eigenvalue weighted by molar-refractivity contribution is -0.116. The molecule has 0 unspecified atom stereocenters. The second-order valence-electron chi connectivity index (χ2n) is 4.05. The molecule has 0 fully saturated rings. The molecule has 1 aromatic rings. The van der Waals surface area contributed by atoms with E-state index < -0.39 is 0 Å². The zero-order valence-electron chi connectivity index (χ0n) is 9.12. The molecule has 16 heavy (non-hydrogen) atoms. The van der Waals surface area contributed by atoms with Gasteiger partial charge in [-0.25, -0.2) is 0 Å². The second-order valence-corrected chi connectivity index (χ2v) is 4.05. The molecule has 1 aromatic carbocycles. The van der Waals surface area contributed by atoms with Gasteiger partial charge in [0.25, 0.3) is 0 Å². The van der Waals surface area contributed by atoms with Gasteiger partial charge in [-0.1, -0.05) is 12.1 Å². The summed E-state index contributed by atoms with van der Waals surface area (Å²) in [6.45, 7) is 0. The number of benzene rings is 1. The van der Waals surface area contributed by atoms with Crippen LogP contribution in [0.1, 0.15) is 30.4 Å². The normalized spacial score (nSPS) is 13.8. The lowest BCUT2D eigenvalue weighted by atomic mass is 9.98. The third-order valence-corrected chi connectivity index (χ3v) is 2.82. The van der Waals surface area contributed by atoms with Gasteiger partial charge in [-0.15, -0.1) is 0 Å². The summed E-state index contributed by atoms with van der Waals surface area (Å²) in [5.74, 6) is 0.102. The molecule has 0 bridgehead atoms. The molecule has 1 amide bonds. The number of fused-ring (bicyclic) bond motifs is 1. The van der Waals surface area contributed by atoms with Crippen LogP contribution in [0.3, 0.4) is 0 Å². The number of hydrogen-bond donors (Lipinski definition) is 1. The van der Waals surface area contributed by atoms with Crippen LogP contribution in [0, 0.1) is 11.3 Å². The summed E-state index contributed by atoms with van der Waals surface area (Å²) >= 11 is 0. The van der Waals surface area contributed by atoms with Crippen LogP contribution in [0.5, 0.6) is 0 Å². The number of nitrogens with zero attached hydrogens (tertiary/aromatic N) is 1. The molecule has 0 saturated heterocycles. The Morgan fingerprint density at radius 1 is 1.38 bits per heavy atom. The molecule has 1 aliphatic rings. The smallest absolute Gasteiger partial charge is 0.224 e. The van der Waals surface area contributed by atoms with Gasteiger partial charge in [0, 0.05) is 18.5 Å². The summed E-state index contributed by atoms with van der Waals surface area (Å²) in [5, 5.41) is 11.3. The van der Waals surface area contributed by atoms with E-state index in [0.29, 0.717) is 12.8 Å². The molecule has 2 rings (SSSR count). The van der Waals surface area contributed by atoms with Crippen molar-refractivity contribution in [1.82, 2.24) is 0 Å². The molecule has 1 aliphatic heterocycles. The molecule has 0 spiro atoms. The summed E-state index contributed by atoms with van der Waals surface area (Å²) in [6.07, 6.45) is 3.85. The highest BCUT2D eigenvalue weighted by molar-refractivity contribution is 5.93. The standard InChI is InChI=1S/C13H14N2O/c14-8-2-1-3-10-4-6-12-11(9-10)5-7-13(16)15-12/h4,6,9H,1-3,5,7H2,(H,15,16). The fourth-order valence-corrected chi connectivity index (χ4v) is 1.96. The van der Waals surface area contributed by atoms with Crippen molar-refractivity contribution in [3.63, 3.8) is 0 Å². The Kier molecular flexibility index (Phi) is 3.21. The zero-order chi connectivity index (χ0) is 11.4. The third-order valence-electron chi connectivity index (χ3n) is 2.82. The fraction of sp³-hybridized carbons (Fsp3) is 0.385. The average molecular weight is 214 g/mol. The number of nitrogens with one attached hydrogen (secondary N) is 1. The Bertz CT molecular complexity index is 446. The van der Waals surface area contributed by atoms with Crippen molar-refractivity contribution in [3.8, 4) is 6.07 Å². The maximum absolute atomic E-state index is 11.2. The molecular weight excluding hydrogens is 200 g/mol. The van der Waals surface area contributed by atoms with Gasteiger partial charge in [-0.2, -0.15) is 5.26 Å². The van der Waals surface area contributed by atoms with Crippen LogP contribution in [0.25, 0.3) is 0 Å². The highest BCUT2D eigenvalue weighted by Gasteiger charge is 2.14. The van der Waals surface area contributed by atoms with Crippen molar-refractivity contribution in [1.29, 1.82) is 5.26 Å². The molecule has 0 atom stereocenters. The molecular formula is C13H14N2O. The van der Waals surface area contributed by atoms with Gasteiger partial charge in [0.05, 0.1) is 6.07 Å². The number of carbonyl (C=O) groups is 1. The quantitative estimate of drug-likeness (QED) is 0.785. The van der Waals surface area contributed by atoms with Gasteiger partial charge < -0.3 is 5.32 Å². The van der Waals surface area contributed by atoms with Crippen molar-refractivity contribution < 1.29 is 4.79 Å². The first-order valence-corrected chi connectivity index (χ1v) is 5.58. The molecule has 3 heteroatoms. The predicted molar refractivity (Wildman–Crippen MR) is 61.9 cm³/mol. The minimum atomic E-state index is 0.102. The van der Waals surface area contributed by atoms with Crippen LogP contribution in [-0.4, -0.2) is 5.91 Å². The summed E-state index contributed by atoms with van der Waals surface area (Å²) in [7, 11) is 0. The second kappa shape index (κ2) is 4.80. The maximum atomic E-state index is 11.2. The molecule has 0 radical (unpaired) electrons. The Hall–Kier alpha value is -1.82. The number of amides is 1. The third kappa shape index (κ3) is 2.40. The summed E-state index contributed by atoms with van der Waals surface area (Å²) < 4.78 is 0. The topological polar surface area (TPSA) is 52.9 Å². The average Bonchev–Trinajstić information content (AvgIpc) is 2.29. The summed E-state index contributed by atoms with van der Waals surface area (Å²) in [4.78, 5) is 11.2. The van der Waals surface area contributed by atoms with E-state index in [-0.39, 0.29) is 5.91 Å². The molecule has 1 heterocycles. The fourth-order valence-electron chi connectivity index (χ4n) is 1.96. The molecule has 0 saturated carbocycles. The van der Waals surface area contributed by atoms with E-state index in [0.717, 1.165) is 24.9 Å². The number of anilines is 1. The number of nitriles is 1. The lowest BCUT2D eigenvalue weighted by Gasteiger charge is -2.17. The van der Waals surface area contributed by atoms with Crippen molar-refractivity contribution in [2.75, 3.05) is 5.32 Å². The summed E-state index contributed by atoms with van der Waals surface area (Å²) in [5.41, 5.74) is 3.42. The predicted octanol–water partition coefficient (Wildman–Crippen LogP) is 2.42. The molecule has 0 aliphatic carbocycles. The van der Waals surface area contributed by atoms with Gasteiger partial charge in [-0.3, -0.25) is 4.79 Å². The summed E-state index contributed by atoms with van der Waals surface area (Å²) in [6, 6.07) is 8.29. The first kappa shape index (κ1) is 10.7. The maximum Gasteiger partial charge on any atom is 0.224 e. The molecule has 0 aromatic heterocycles. The van der Waals surface area contributed by atoms with E-state index in [2.05, 4.69) is 17.5 Å². The van der Waals surface area contributed by atoms with Crippen molar-refractivity contribution in [2.45, 2.75) is 32.1 Å². The molecule has 3 nitrogen and oxygen atoms in total. The Balaban J connectivity index is 2.08. The monoisotopic (exact) mass is 214 g/mol. The van der Waals surface area contributed by atoms with Crippen LogP contribution in [0.15, 0.2) is 18.2 Å². The first-order chi connectivity index (χ1) is 7.79. The van der Waals surface area contributed by atoms with E-state index in [1.807, 2.05) is 12.1 Å².